The van der Waals surface area contributed by atoms with Gasteiger partial charge >= 0.3 is 0 Å². The zero-order chi connectivity index (χ0) is 13.1. The van der Waals surface area contributed by atoms with Crippen molar-refractivity contribution in [3.8, 4) is 0 Å². The van der Waals surface area contributed by atoms with Gasteiger partial charge in [0, 0.05) is 18.1 Å². The predicted octanol–water partition coefficient (Wildman–Crippen LogP) is 3.57. The van der Waals surface area contributed by atoms with Crippen molar-refractivity contribution in [2.45, 2.75) is 38.8 Å². The number of piperidine rings is 1. The van der Waals surface area contributed by atoms with Gasteiger partial charge in [-0.1, -0.05) is 12.5 Å². The highest BCUT2D eigenvalue weighted by molar-refractivity contribution is 7.09. The van der Waals surface area contributed by atoms with Crippen LogP contribution in [-0.4, -0.2) is 21.4 Å². The minimum absolute atomic E-state index is 0.456. The number of nitrogens with zero attached hydrogens (tertiary/aromatic N) is 3. The van der Waals surface area contributed by atoms with Crippen LogP contribution >= 0.6 is 11.3 Å². The van der Waals surface area contributed by atoms with E-state index in [1.807, 2.05) is 12.3 Å². The molecular formula is C15H19N3S. The maximum atomic E-state index is 4.59. The summed E-state index contributed by atoms with van der Waals surface area (Å²) < 4.78 is 0. The summed E-state index contributed by atoms with van der Waals surface area (Å²) >= 11 is 1.74. The van der Waals surface area contributed by atoms with Crippen LogP contribution in [0.3, 0.4) is 0 Å². The van der Waals surface area contributed by atoms with Gasteiger partial charge in [0.25, 0.3) is 0 Å². The molecule has 2 aromatic rings. The normalized spacial score (nSPS) is 20.6. The fourth-order valence-corrected chi connectivity index (χ4v) is 3.38. The summed E-state index contributed by atoms with van der Waals surface area (Å²) in [6.45, 7) is 4.17. The van der Waals surface area contributed by atoms with E-state index < -0.39 is 0 Å². The van der Waals surface area contributed by atoms with Crippen LogP contribution in [0.25, 0.3) is 0 Å². The quantitative estimate of drug-likeness (QED) is 0.856. The fourth-order valence-electron chi connectivity index (χ4n) is 2.78. The van der Waals surface area contributed by atoms with Gasteiger partial charge in [-0.15, -0.1) is 11.3 Å². The van der Waals surface area contributed by atoms with Gasteiger partial charge in [0.15, 0.2) is 0 Å². The molecule has 1 atom stereocenters. The summed E-state index contributed by atoms with van der Waals surface area (Å²) in [5, 5.41) is 3.33. The third kappa shape index (κ3) is 3.01. The van der Waals surface area contributed by atoms with Crippen LogP contribution < -0.4 is 0 Å². The Kier molecular flexibility index (Phi) is 3.89. The molecule has 1 saturated heterocycles. The molecule has 100 valence electrons. The first-order valence-corrected chi connectivity index (χ1v) is 7.77. The SMILES string of the molecule is Cc1nc(CN2CCCC[C@H]2c2ccccn2)cs1. The maximum absolute atomic E-state index is 4.59. The first-order valence-electron chi connectivity index (χ1n) is 6.89. The summed E-state index contributed by atoms with van der Waals surface area (Å²) in [5.41, 5.74) is 2.40. The Morgan fingerprint density at radius 3 is 3.05 bits per heavy atom. The molecule has 1 fully saturated rings. The highest BCUT2D eigenvalue weighted by atomic mass is 32.1. The molecule has 1 aliphatic rings. The van der Waals surface area contributed by atoms with Crippen LogP contribution in [0.4, 0.5) is 0 Å². The zero-order valence-corrected chi connectivity index (χ0v) is 12.1. The van der Waals surface area contributed by atoms with Crippen molar-refractivity contribution in [3.63, 3.8) is 0 Å². The lowest BCUT2D eigenvalue weighted by Gasteiger charge is -2.34. The average Bonchev–Trinajstić information content (AvgIpc) is 2.86. The van der Waals surface area contributed by atoms with Crippen molar-refractivity contribution < 1.29 is 0 Å². The number of hydrogen-bond donors (Lipinski definition) is 0. The summed E-state index contributed by atoms with van der Waals surface area (Å²) in [6.07, 6.45) is 5.69. The number of hydrogen-bond acceptors (Lipinski definition) is 4. The molecule has 19 heavy (non-hydrogen) atoms. The number of aromatic nitrogens is 2. The average molecular weight is 273 g/mol. The molecule has 0 N–H and O–H groups in total. The summed E-state index contributed by atoms with van der Waals surface area (Å²) in [5.74, 6) is 0. The Balaban J connectivity index is 1.77. The molecule has 4 heteroatoms. The number of likely N-dealkylation sites (tertiary alicyclic amines) is 1. The van der Waals surface area contributed by atoms with Crippen molar-refractivity contribution in [1.29, 1.82) is 0 Å². The van der Waals surface area contributed by atoms with Gasteiger partial charge in [-0.25, -0.2) is 4.98 Å². The molecule has 2 aromatic heterocycles. The summed E-state index contributed by atoms with van der Waals surface area (Å²) in [7, 11) is 0. The molecule has 0 radical (unpaired) electrons. The Morgan fingerprint density at radius 1 is 1.37 bits per heavy atom. The third-order valence-corrected chi connectivity index (χ3v) is 4.50. The van der Waals surface area contributed by atoms with E-state index in [1.54, 1.807) is 11.3 Å². The van der Waals surface area contributed by atoms with Crippen LogP contribution in [0.15, 0.2) is 29.8 Å². The van der Waals surface area contributed by atoms with Gasteiger partial charge in [0.05, 0.1) is 22.4 Å². The molecule has 1 aliphatic heterocycles. The zero-order valence-electron chi connectivity index (χ0n) is 11.2. The lowest BCUT2D eigenvalue weighted by atomic mass is 9.98. The number of rotatable bonds is 3. The molecule has 0 spiro atoms. The molecular weight excluding hydrogens is 254 g/mol. The van der Waals surface area contributed by atoms with Crippen molar-refractivity contribution in [2.24, 2.45) is 0 Å². The van der Waals surface area contributed by atoms with Crippen LogP contribution in [0.5, 0.6) is 0 Å². The Hall–Kier alpha value is -1.26. The number of thiazole rings is 1. The van der Waals surface area contributed by atoms with Gasteiger partial charge in [0.1, 0.15) is 0 Å². The van der Waals surface area contributed by atoms with Gasteiger partial charge in [-0.05, 0) is 38.4 Å². The molecule has 3 rings (SSSR count). The van der Waals surface area contributed by atoms with Crippen molar-refractivity contribution >= 4 is 11.3 Å². The first kappa shape index (κ1) is 12.8. The Bertz CT molecular complexity index is 523. The molecule has 0 aliphatic carbocycles. The van der Waals surface area contributed by atoms with E-state index in [-0.39, 0.29) is 0 Å². The second kappa shape index (κ2) is 5.80. The maximum Gasteiger partial charge on any atom is 0.0897 e. The molecule has 0 amide bonds. The lowest BCUT2D eigenvalue weighted by Crippen LogP contribution is -2.33. The summed E-state index contributed by atoms with van der Waals surface area (Å²) in [6, 6.07) is 6.68. The van der Waals surface area contributed by atoms with E-state index in [9.17, 15) is 0 Å². The largest absolute Gasteiger partial charge is 0.289 e. The Labute approximate surface area is 118 Å². The van der Waals surface area contributed by atoms with Gasteiger partial charge in [-0.3, -0.25) is 9.88 Å². The van der Waals surface area contributed by atoms with Crippen LogP contribution in [-0.2, 0) is 6.54 Å². The topological polar surface area (TPSA) is 29.0 Å². The van der Waals surface area contributed by atoms with E-state index in [0.717, 1.165) is 18.1 Å². The van der Waals surface area contributed by atoms with E-state index in [2.05, 4.69) is 39.3 Å². The molecule has 3 nitrogen and oxygen atoms in total. The van der Waals surface area contributed by atoms with Gasteiger partial charge in [-0.2, -0.15) is 0 Å². The van der Waals surface area contributed by atoms with Crippen LogP contribution in [0.1, 0.15) is 41.7 Å². The van der Waals surface area contributed by atoms with Gasteiger partial charge < -0.3 is 0 Å². The van der Waals surface area contributed by atoms with Gasteiger partial charge in [0.2, 0.25) is 0 Å². The number of pyridine rings is 1. The molecule has 0 unspecified atom stereocenters. The molecule has 0 saturated carbocycles. The summed E-state index contributed by atoms with van der Waals surface area (Å²) in [4.78, 5) is 11.7. The molecule has 0 bridgehead atoms. The first-order chi connectivity index (χ1) is 9.33. The van der Waals surface area contributed by atoms with Crippen LogP contribution in [0, 0.1) is 6.92 Å². The Morgan fingerprint density at radius 2 is 2.32 bits per heavy atom. The molecule has 3 heterocycles. The van der Waals surface area contributed by atoms with E-state index in [0.29, 0.717) is 6.04 Å². The van der Waals surface area contributed by atoms with Crippen molar-refractivity contribution in [2.75, 3.05) is 6.54 Å². The minimum Gasteiger partial charge on any atom is -0.289 e. The smallest absolute Gasteiger partial charge is 0.0897 e. The van der Waals surface area contributed by atoms with Crippen molar-refractivity contribution in [1.82, 2.24) is 14.9 Å². The minimum atomic E-state index is 0.456. The second-order valence-corrected chi connectivity index (χ2v) is 6.16. The van der Waals surface area contributed by atoms with E-state index in [4.69, 9.17) is 0 Å². The highest BCUT2D eigenvalue weighted by Crippen LogP contribution is 2.30. The van der Waals surface area contributed by atoms with Crippen LogP contribution in [0.2, 0.25) is 0 Å². The fraction of sp³-hybridized carbons (Fsp3) is 0.467. The van der Waals surface area contributed by atoms with E-state index >= 15 is 0 Å². The monoisotopic (exact) mass is 273 g/mol. The standard InChI is InChI=1S/C15H19N3S/c1-12-17-13(11-19-12)10-18-9-5-3-7-15(18)14-6-2-4-8-16-14/h2,4,6,8,11,15H,3,5,7,9-10H2,1H3/t15-/m0/s1. The third-order valence-electron chi connectivity index (χ3n) is 3.67. The molecule has 0 aromatic carbocycles. The second-order valence-electron chi connectivity index (χ2n) is 5.09. The van der Waals surface area contributed by atoms with E-state index in [1.165, 1.54) is 30.7 Å². The number of aryl methyl sites for hydroxylation is 1. The highest BCUT2D eigenvalue weighted by Gasteiger charge is 2.25. The van der Waals surface area contributed by atoms with Crippen molar-refractivity contribution in [3.05, 3.63) is 46.2 Å². The predicted molar refractivity (Wildman–Crippen MR) is 78.1 cm³/mol. The lowest BCUT2D eigenvalue weighted by molar-refractivity contribution is 0.136.